The molecule has 2 amide bonds. The van der Waals surface area contributed by atoms with Gasteiger partial charge in [0, 0.05) is 31.6 Å². The molecule has 0 radical (unpaired) electrons. The number of alkyl halides is 1. The summed E-state index contributed by atoms with van der Waals surface area (Å²) in [6, 6.07) is 2.34. The molecule has 4 rings (SSSR count). The Labute approximate surface area is 168 Å². The van der Waals surface area contributed by atoms with Gasteiger partial charge in [0.2, 0.25) is 5.60 Å². The van der Waals surface area contributed by atoms with Crippen LogP contribution in [-0.2, 0) is 4.79 Å². The third kappa shape index (κ3) is 3.22. The molecule has 2 aliphatic rings. The van der Waals surface area contributed by atoms with Crippen molar-refractivity contribution >= 4 is 23.2 Å². The molecule has 1 saturated heterocycles. The largest absolute Gasteiger partial charge is 0.489 e. The molecule has 1 fully saturated rings. The zero-order valence-corrected chi connectivity index (χ0v) is 16.0. The summed E-state index contributed by atoms with van der Waals surface area (Å²) in [5.41, 5.74) is 3.61. The third-order valence-electron chi connectivity index (χ3n) is 4.77. The molecular weight excluding hydrogens is 404 g/mol. The van der Waals surface area contributed by atoms with E-state index in [0.29, 0.717) is 6.54 Å². The molecule has 0 unspecified atom stereocenters. The van der Waals surface area contributed by atoms with Crippen LogP contribution in [0, 0.1) is 17.7 Å². The predicted molar refractivity (Wildman–Crippen MR) is 99.5 cm³/mol. The number of likely N-dealkylation sites (N-methyl/N-ethyl adjacent to an activating group) is 1. The zero-order chi connectivity index (χ0) is 20.9. The lowest BCUT2D eigenvalue weighted by Crippen LogP contribution is -2.37. The molecule has 1 aromatic heterocycles. The van der Waals surface area contributed by atoms with E-state index in [1.165, 1.54) is 18.0 Å². The quantitative estimate of drug-likeness (QED) is 0.680. The molecule has 0 aliphatic carbocycles. The fraction of sp³-hybridized carbons (Fsp3) is 0.316. The van der Waals surface area contributed by atoms with Crippen LogP contribution in [0.2, 0.25) is 0 Å². The fourth-order valence-corrected chi connectivity index (χ4v) is 4.07. The lowest BCUT2D eigenvalue weighted by molar-refractivity contribution is -0.137. The first-order valence-electron chi connectivity index (χ1n) is 8.62. The molecule has 0 saturated carbocycles. The van der Waals surface area contributed by atoms with E-state index in [0.717, 1.165) is 17.4 Å². The van der Waals surface area contributed by atoms with Crippen molar-refractivity contribution in [1.29, 1.82) is 0 Å². The van der Waals surface area contributed by atoms with Gasteiger partial charge >= 0.3 is 0 Å². The summed E-state index contributed by atoms with van der Waals surface area (Å²) in [5.74, 6) is 2.87. The number of hydrogen-bond donors (Lipinski definition) is 2. The molecule has 7 nitrogen and oxygen atoms in total. The van der Waals surface area contributed by atoms with Crippen molar-refractivity contribution < 1.29 is 28.2 Å². The molecule has 3 N–H and O–H groups in total. The Hall–Kier alpha value is -3.03. The van der Waals surface area contributed by atoms with E-state index in [-0.39, 0.29) is 45.5 Å². The second-order valence-corrected chi connectivity index (χ2v) is 7.82. The number of rotatable bonds is 1. The van der Waals surface area contributed by atoms with Gasteiger partial charge < -0.3 is 20.5 Å². The zero-order valence-electron chi connectivity index (χ0n) is 15.2. The van der Waals surface area contributed by atoms with E-state index in [1.54, 1.807) is 0 Å². The Balaban J connectivity index is 1.81. The summed E-state index contributed by atoms with van der Waals surface area (Å²) in [6.07, 6.45) is -1.46. The van der Waals surface area contributed by atoms with Gasteiger partial charge in [-0.2, -0.15) is 0 Å². The number of amides is 2. The Kier molecular flexibility index (Phi) is 4.52. The number of carbonyl (C=O) groups excluding carboxylic acids is 2. The van der Waals surface area contributed by atoms with E-state index in [9.17, 15) is 23.5 Å². The van der Waals surface area contributed by atoms with Crippen molar-refractivity contribution in [3.63, 3.8) is 0 Å². The second kappa shape index (κ2) is 6.79. The maximum absolute atomic E-state index is 14.5. The summed E-state index contributed by atoms with van der Waals surface area (Å²) in [5, 5.41) is 10.3. The van der Waals surface area contributed by atoms with Crippen LogP contribution in [0.25, 0.3) is 11.3 Å². The van der Waals surface area contributed by atoms with Crippen LogP contribution in [0.4, 0.5) is 8.78 Å². The molecule has 2 aromatic rings. The number of aliphatic hydroxyl groups is 1. The topological polar surface area (TPSA) is 106 Å². The van der Waals surface area contributed by atoms with Crippen LogP contribution in [-0.4, -0.2) is 52.6 Å². The number of nitrogens with two attached hydrogens (primary N) is 1. The minimum atomic E-state index is -1.89. The van der Waals surface area contributed by atoms with Crippen LogP contribution in [0.3, 0.4) is 0 Å². The van der Waals surface area contributed by atoms with Gasteiger partial charge in [0.25, 0.3) is 11.8 Å². The summed E-state index contributed by atoms with van der Waals surface area (Å²) in [6.45, 7) is -0.0358. The number of halogens is 2. The number of nitrogens with zero attached hydrogens (tertiary/aromatic N) is 2. The fourth-order valence-electron chi connectivity index (χ4n) is 3.18. The van der Waals surface area contributed by atoms with Crippen molar-refractivity contribution in [2.45, 2.75) is 18.2 Å². The Morgan fingerprint density at radius 3 is 2.93 bits per heavy atom. The van der Waals surface area contributed by atoms with E-state index >= 15 is 0 Å². The average Bonchev–Trinajstić information content (AvgIpc) is 3.20. The van der Waals surface area contributed by atoms with E-state index in [1.807, 2.05) is 0 Å². The monoisotopic (exact) mass is 419 g/mol. The highest BCUT2D eigenvalue weighted by molar-refractivity contribution is 7.14. The van der Waals surface area contributed by atoms with Crippen molar-refractivity contribution in [3.05, 3.63) is 33.4 Å². The molecule has 29 heavy (non-hydrogen) atoms. The standard InChI is InChI=1S/C19H15F2N3O4S/c1-24-5-4-19(27,18(24)26)3-2-9-6-10-13(7-11(9)20)28-8-12(21)15-14(10)23-17(29-15)16(22)25/h6-7,12,27H,4-5,8H2,1H3,(H2,22,25)/t12-,19+/m1/s1. The van der Waals surface area contributed by atoms with Crippen LogP contribution in [0.5, 0.6) is 5.75 Å². The summed E-state index contributed by atoms with van der Waals surface area (Å²) < 4.78 is 34.3. The number of hydrogen-bond acceptors (Lipinski definition) is 6. The highest BCUT2D eigenvalue weighted by atomic mass is 32.1. The molecule has 150 valence electrons. The highest BCUT2D eigenvalue weighted by Crippen LogP contribution is 2.43. The molecule has 0 spiro atoms. The number of thiazole rings is 1. The molecule has 3 heterocycles. The minimum Gasteiger partial charge on any atom is -0.489 e. The average molecular weight is 419 g/mol. The summed E-state index contributed by atoms with van der Waals surface area (Å²) in [7, 11) is 1.54. The first-order chi connectivity index (χ1) is 13.7. The molecule has 0 bridgehead atoms. The Morgan fingerprint density at radius 2 is 2.28 bits per heavy atom. The van der Waals surface area contributed by atoms with Crippen LogP contribution < -0.4 is 10.5 Å². The number of primary amides is 1. The first kappa shape index (κ1) is 19.3. The predicted octanol–water partition coefficient (Wildman–Crippen LogP) is 1.40. The van der Waals surface area contributed by atoms with Gasteiger partial charge in [-0.15, -0.1) is 11.3 Å². The Morgan fingerprint density at radius 1 is 1.52 bits per heavy atom. The summed E-state index contributed by atoms with van der Waals surface area (Å²) in [4.78, 5) is 29.1. The third-order valence-corrected chi connectivity index (χ3v) is 5.93. The van der Waals surface area contributed by atoms with E-state index in [2.05, 4.69) is 16.8 Å². The van der Waals surface area contributed by atoms with Crippen molar-refractivity contribution in [2.24, 2.45) is 5.73 Å². The van der Waals surface area contributed by atoms with Gasteiger partial charge in [0.15, 0.2) is 11.2 Å². The maximum Gasteiger partial charge on any atom is 0.277 e. The molecule has 2 aliphatic heterocycles. The van der Waals surface area contributed by atoms with Gasteiger partial charge in [0.1, 0.15) is 18.2 Å². The van der Waals surface area contributed by atoms with Crippen LogP contribution >= 0.6 is 11.3 Å². The molecule has 1 aromatic carbocycles. The lowest BCUT2D eigenvalue weighted by Gasteiger charge is -2.13. The van der Waals surface area contributed by atoms with E-state index < -0.39 is 29.4 Å². The second-order valence-electron chi connectivity index (χ2n) is 6.79. The normalized spacial score (nSPS) is 22.8. The maximum atomic E-state index is 14.5. The minimum absolute atomic E-state index is 0.0474. The number of fused-ring (bicyclic) bond motifs is 3. The molecule has 2 atom stereocenters. The van der Waals surface area contributed by atoms with Crippen molar-refractivity contribution in [2.75, 3.05) is 20.2 Å². The lowest BCUT2D eigenvalue weighted by atomic mass is 10.0. The number of aromatic nitrogens is 1. The smallest absolute Gasteiger partial charge is 0.277 e. The van der Waals surface area contributed by atoms with Crippen LogP contribution in [0.1, 0.15) is 32.8 Å². The van der Waals surface area contributed by atoms with Crippen LogP contribution in [0.15, 0.2) is 12.1 Å². The number of carbonyl (C=O) groups is 2. The number of likely N-dealkylation sites (tertiary alicyclic amines) is 1. The van der Waals surface area contributed by atoms with Crippen molar-refractivity contribution in [3.8, 4) is 28.8 Å². The summed E-state index contributed by atoms with van der Waals surface area (Å²) >= 11 is 0.812. The van der Waals surface area contributed by atoms with Gasteiger partial charge in [-0.1, -0.05) is 11.8 Å². The van der Waals surface area contributed by atoms with E-state index in [4.69, 9.17) is 10.5 Å². The first-order valence-corrected chi connectivity index (χ1v) is 9.43. The SMILES string of the molecule is CN1CC[C@@](O)(C#Cc2cc3c(cc2F)OC[C@@H](F)c2sc(C(N)=O)nc2-3)C1=O. The van der Waals surface area contributed by atoms with Crippen molar-refractivity contribution in [1.82, 2.24) is 9.88 Å². The van der Waals surface area contributed by atoms with Gasteiger partial charge in [-0.05, 0) is 6.07 Å². The molecular formula is C19H15F2N3O4S. The highest BCUT2D eigenvalue weighted by Gasteiger charge is 2.42. The van der Waals surface area contributed by atoms with Gasteiger partial charge in [0.05, 0.1) is 16.1 Å². The van der Waals surface area contributed by atoms with Gasteiger partial charge in [-0.3, -0.25) is 9.59 Å². The Bertz CT molecular complexity index is 1110. The van der Waals surface area contributed by atoms with Gasteiger partial charge in [-0.25, -0.2) is 13.8 Å². The number of benzene rings is 1. The molecule has 10 heteroatoms. The number of ether oxygens (including phenoxy) is 1.